The highest BCUT2D eigenvalue weighted by Gasteiger charge is 2.21. The Bertz CT molecular complexity index is 315. The summed E-state index contributed by atoms with van der Waals surface area (Å²) in [5, 5.41) is 0. The SMILES string of the molecule is O=C1C=CC(=O)N1CCCCCCOCON=S. The normalized spacial score (nSPS) is 14.3. The Kier molecular flexibility index (Phi) is 7.12. The lowest BCUT2D eigenvalue weighted by molar-refractivity contribution is -0.136. The summed E-state index contributed by atoms with van der Waals surface area (Å²) >= 11 is 4.22. The van der Waals surface area contributed by atoms with Gasteiger partial charge in [-0.25, -0.2) is 0 Å². The molecule has 0 saturated heterocycles. The van der Waals surface area contributed by atoms with Gasteiger partial charge in [0.25, 0.3) is 11.8 Å². The van der Waals surface area contributed by atoms with E-state index in [1.165, 1.54) is 17.1 Å². The smallest absolute Gasteiger partial charge is 0.253 e. The standard InChI is InChI=1S/C11H16N2O4S/c14-10-5-6-11(15)13(10)7-3-1-2-4-8-16-9-17-12-18/h5-6H,1-4,7-9H2. The number of carbonyl (C=O) groups is 2. The number of rotatable bonds is 10. The third-order valence-electron chi connectivity index (χ3n) is 2.51. The maximum atomic E-state index is 11.2. The molecule has 0 radical (unpaired) electrons. The first-order valence-corrected chi connectivity index (χ1v) is 6.18. The zero-order valence-electron chi connectivity index (χ0n) is 10.0. The third-order valence-corrected chi connectivity index (χ3v) is 2.62. The van der Waals surface area contributed by atoms with Gasteiger partial charge in [0.1, 0.15) is 0 Å². The van der Waals surface area contributed by atoms with Crippen LogP contribution in [0.4, 0.5) is 0 Å². The Morgan fingerprint density at radius 2 is 1.78 bits per heavy atom. The van der Waals surface area contributed by atoms with E-state index < -0.39 is 0 Å². The average Bonchev–Trinajstić information content (AvgIpc) is 2.68. The van der Waals surface area contributed by atoms with Crippen LogP contribution < -0.4 is 0 Å². The molecular formula is C11H16N2O4S. The number of imide groups is 1. The van der Waals surface area contributed by atoms with E-state index >= 15 is 0 Å². The van der Waals surface area contributed by atoms with Gasteiger partial charge in [0.05, 0.1) is 19.0 Å². The Morgan fingerprint density at radius 1 is 1.11 bits per heavy atom. The van der Waals surface area contributed by atoms with Crippen LogP contribution >= 0.6 is 0 Å². The molecule has 0 unspecified atom stereocenters. The van der Waals surface area contributed by atoms with Crippen LogP contribution in [0.2, 0.25) is 0 Å². The quantitative estimate of drug-likeness (QED) is 0.258. The molecule has 7 heteroatoms. The number of carbonyl (C=O) groups excluding carboxylic acids is 2. The van der Waals surface area contributed by atoms with E-state index in [1.807, 2.05) is 0 Å². The number of ether oxygens (including phenoxy) is 1. The van der Waals surface area contributed by atoms with Crippen LogP contribution in [0, 0.1) is 0 Å². The van der Waals surface area contributed by atoms with Gasteiger partial charge in [0, 0.05) is 18.7 Å². The van der Waals surface area contributed by atoms with Gasteiger partial charge >= 0.3 is 0 Å². The van der Waals surface area contributed by atoms with Crippen molar-refractivity contribution >= 4 is 24.2 Å². The van der Waals surface area contributed by atoms with Crippen molar-refractivity contribution in [2.45, 2.75) is 25.7 Å². The predicted octanol–water partition coefficient (Wildman–Crippen LogP) is 1.11. The van der Waals surface area contributed by atoms with Crippen molar-refractivity contribution in [1.29, 1.82) is 0 Å². The summed E-state index contributed by atoms with van der Waals surface area (Å²) in [7, 11) is 0. The largest absolute Gasteiger partial charge is 0.357 e. The Labute approximate surface area is 111 Å². The van der Waals surface area contributed by atoms with Crippen molar-refractivity contribution in [2.24, 2.45) is 4.53 Å². The molecule has 0 aromatic rings. The third kappa shape index (κ3) is 5.33. The first kappa shape index (κ1) is 14.7. The van der Waals surface area contributed by atoms with E-state index in [9.17, 15) is 9.59 Å². The van der Waals surface area contributed by atoms with Gasteiger partial charge in [-0.2, -0.15) is 0 Å². The predicted molar refractivity (Wildman–Crippen MR) is 66.0 cm³/mol. The fourth-order valence-electron chi connectivity index (χ4n) is 1.60. The molecule has 1 heterocycles. The van der Waals surface area contributed by atoms with E-state index in [-0.39, 0.29) is 18.6 Å². The van der Waals surface area contributed by atoms with Crippen molar-refractivity contribution in [2.75, 3.05) is 19.9 Å². The van der Waals surface area contributed by atoms with Crippen LogP contribution in [0.1, 0.15) is 25.7 Å². The molecule has 6 nitrogen and oxygen atoms in total. The molecule has 1 aliphatic rings. The molecule has 1 rings (SSSR count). The van der Waals surface area contributed by atoms with Crippen LogP contribution in [0.25, 0.3) is 0 Å². The van der Waals surface area contributed by atoms with Crippen molar-refractivity contribution in [1.82, 2.24) is 4.90 Å². The maximum absolute atomic E-state index is 11.2. The van der Waals surface area contributed by atoms with Crippen LogP contribution in [-0.4, -0.2) is 36.7 Å². The summed E-state index contributed by atoms with van der Waals surface area (Å²) in [5.74, 6) is -0.429. The first-order valence-electron chi connectivity index (χ1n) is 5.81. The highest BCUT2D eigenvalue weighted by Crippen LogP contribution is 2.07. The molecule has 0 saturated carbocycles. The molecule has 0 aromatic heterocycles. The van der Waals surface area contributed by atoms with E-state index in [4.69, 9.17) is 4.74 Å². The topological polar surface area (TPSA) is 68.2 Å². The number of hydrogen-bond acceptors (Lipinski definition) is 6. The van der Waals surface area contributed by atoms with Gasteiger partial charge in [0.15, 0.2) is 0 Å². The molecule has 0 aliphatic carbocycles. The average molecular weight is 272 g/mol. The van der Waals surface area contributed by atoms with E-state index in [0.29, 0.717) is 13.2 Å². The highest BCUT2D eigenvalue weighted by molar-refractivity contribution is 7.47. The van der Waals surface area contributed by atoms with Crippen molar-refractivity contribution in [3.8, 4) is 0 Å². The Hall–Kier alpha value is -1.34. The Balaban J connectivity index is 1.91. The summed E-state index contributed by atoms with van der Waals surface area (Å²) in [6.07, 6.45) is 6.26. The van der Waals surface area contributed by atoms with Crippen LogP contribution in [0.3, 0.4) is 0 Å². The van der Waals surface area contributed by atoms with Crippen LogP contribution in [0.15, 0.2) is 16.7 Å². The Morgan fingerprint density at radius 3 is 2.44 bits per heavy atom. The summed E-state index contributed by atoms with van der Waals surface area (Å²) in [5.41, 5.74) is 0. The minimum atomic E-state index is -0.215. The van der Waals surface area contributed by atoms with Gasteiger partial charge in [-0.05, 0) is 17.4 Å². The number of unbranched alkanes of at least 4 members (excludes halogenated alkanes) is 3. The fourth-order valence-corrected chi connectivity index (χ4v) is 1.64. The molecule has 0 fully saturated rings. The van der Waals surface area contributed by atoms with E-state index in [1.54, 1.807) is 0 Å². The lowest BCUT2D eigenvalue weighted by Gasteiger charge is -2.12. The second kappa shape index (κ2) is 8.71. The summed E-state index contributed by atoms with van der Waals surface area (Å²) < 4.78 is 8.10. The summed E-state index contributed by atoms with van der Waals surface area (Å²) in [4.78, 5) is 28.2. The maximum Gasteiger partial charge on any atom is 0.253 e. The molecular weight excluding hydrogens is 256 g/mol. The van der Waals surface area contributed by atoms with Crippen molar-refractivity contribution < 1.29 is 19.2 Å². The molecule has 0 spiro atoms. The van der Waals surface area contributed by atoms with Gasteiger partial charge in [-0.3, -0.25) is 14.5 Å². The van der Waals surface area contributed by atoms with Gasteiger partial charge < -0.3 is 9.57 Å². The highest BCUT2D eigenvalue weighted by atomic mass is 32.1. The van der Waals surface area contributed by atoms with Crippen LogP contribution in [-0.2, 0) is 31.6 Å². The minimum Gasteiger partial charge on any atom is -0.357 e. The monoisotopic (exact) mass is 272 g/mol. The lowest BCUT2D eigenvalue weighted by Crippen LogP contribution is -2.30. The molecule has 100 valence electrons. The van der Waals surface area contributed by atoms with Gasteiger partial charge in [-0.15, -0.1) is 0 Å². The van der Waals surface area contributed by atoms with Gasteiger partial charge in [-0.1, -0.05) is 12.8 Å². The van der Waals surface area contributed by atoms with Crippen molar-refractivity contribution in [3.63, 3.8) is 0 Å². The van der Waals surface area contributed by atoms with E-state index in [0.717, 1.165) is 25.7 Å². The molecule has 0 bridgehead atoms. The molecule has 1 aliphatic heterocycles. The first-order chi connectivity index (χ1) is 8.75. The lowest BCUT2D eigenvalue weighted by atomic mass is 10.2. The van der Waals surface area contributed by atoms with E-state index in [2.05, 4.69) is 21.8 Å². The molecule has 0 aromatic carbocycles. The molecule has 0 atom stereocenters. The molecule has 2 amide bonds. The minimum absolute atomic E-state index is 0.0892. The second-order valence-corrected chi connectivity index (χ2v) is 3.95. The number of hydrogen-bond donors (Lipinski definition) is 0. The van der Waals surface area contributed by atoms with Crippen LogP contribution in [0.5, 0.6) is 0 Å². The van der Waals surface area contributed by atoms with Gasteiger partial charge in [0.2, 0.25) is 6.79 Å². The zero-order valence-corrected chi connectivity index (χ0v) is 10.9. The zero-order chi connectivity index (χ0) is 13.2. The number of nitrogens with zero attached hydrogens (tertiary/aromatic N) is 2. The van der Waals surface area contributed by atoms with Crippen molar-refractivity contribution in [3.05, 3.63) is 12.2 Å². The molecule has 18 heavy (non-hydrogen) atoms. The second-order valence-electron chi connectivity index (χ2n) is 3.81. The molecule has 0 N–H and O–H groups in total. The fraction of sp³-hybridized carbons (Fsp3) is 0.636. The summed E-state index contributed by atoms with van der Waals surface area (Å²) in [6.45, 7) is 1.17. The summed E-state index contributed by atoms with van der Waals surface area (Å²) in [6, 6.07) is 0. The number of amides is 2.